The van der Waals surface area contributed by atoms with E-state index in [-0.39, 0.29) is 25.0 Å². The van der Waals surface area contributed by atoms with Crippen molar-refractivity contribution in [2.24, 2.45) is 0 Å². The van der Waals surface area contributed by atoms with E-state index in [2.05, 4.69) is 20.8 Å². The largest absolute Gasteiger partial charge is 0.489 e. The molecule has 2 heterocycles. The summed E-state index contributed by atoms with van der Waals surface area (Å²) in [5.41, 5.74) is 2.42. The number of rotatable bonds is 9. The molecule has 0 spiro atoms. The number of ether oxygens (including phenoxy) is 2. The highest BCUT2D eigenvalue weighted by molar-refractivity contribution is 7.91. The van der Waals surface area contributed by atoms with E-state index in [1.54, 1.807) is 24.3 Å². The van der Waals surface area contributed by atoms with Crippen molar-refractivity contribution in [2.45, 2.75) is 6.61 Å². The lowest BCUT2D eigenvalue weighted by Gasteiger charge is -2.12. The number of fused-ring (bicyclic) bond motifs is 1. The molecule has 9 nitrogen and oxygen atoms in total. The monoisotopic (exact) mass is 531 g/mol. The van der Waals surface area contributed by atoms with Crippen LogP contribution >= 0.6 is 23.2 Å². The Hall–Kier alpha value is -3.52. The van der Waals surface area contributed by atoms with Gasteiger partial charge in [-0.1, -0.05) is 11.6 Å². The van der Waals surface area contributed by atoms with E-state index in [0.29, 0.717) is 27.8 Å². The molecule has 12 heteroatoms. The summed E-state index contributed by atoms with van der Waals surface area (Å²) in [6, 6.07) is 14.7. The molecule has 0 fully saturated rings. The molecule has 0 aliphatic rings. The molecule has 180 valence electrons. The van der Waals surface area contributed by atoms with Gasteiger partial charge < -0.3 is 14.0 Å². The third-order valence-electron chi connectivity index (χ3n) is 4.82. The zero-order valence-electron chi connectivity index (χ0n) is 18.4. The second kappa shape index (κ2) is 10.4. The van der Waals surface area contributed by atoms with Crippen molar-refractivity contribution < 1.29 is 17.9 Å². The summed E-state index contributed by atoms with van der Waals surface area (Å²) in [6.45, 7) is 0.368. The molecule has 0 saturated heterocycles. The number of alkyl halides is 1. The molecular formula is C23H19Cl2N5O4S. The molecule has 2 aromatic heterocycles. The van der Waals surface area contributed by atoms with E-state index >= 15 is 0 Å². The van der Waals surface area contributed by atoms with Gasteiger partial charge in [-0.25, -0.2) is 18.4 Å². The standard InChI is InChI=1S/C23H19Cl2N5O4S/c1-35(31,32)29-23-27-9-6-16(28-23)14-34-18-4-2-17(3-5-18)30-10-7-19-20(30)12-15(13-26)22(21(19)25)33-11-8-24/h2-7,9-10,12H,8,11,14H2,1H3,(H,27,28,29). The lowest BCUT2D eigenvalue weighted by atomic mass is 10.1. The summed E-state index contributed by atoms with van der Waals surface area (Å²) < 4.78 is 38.2. The minimum Gasteiger partial charge on any atom is -0.489 e. The van der Waals surface area contributed by atoms with Crippen molar-refractivity contribution in [3.05, 3.63) is 71.1 Å². The second-order valence-corrected chi connectivity index (χ2v) is 9.87. The third kappa shape index (κ3) is 5.77. The van der Waals surface area contributed by atoms with Crippen molar-refractivity contribution in [2.75, 3.05) is 23.5 Å². The number of nitrogens with one attached hydrogen (secondary N) is 1. The van der Waals surface area contributed by atoms with Crippen LogP contribution in [-0.2, 0) is 16.6 Å². The van der Waals surface area contributed by atoms with Crippen LogP contribution in [0.4, 0.5) is 5.95 Å². The molecule has 0 aliphatic heterocycles. The van der Waals surface area contributed by atoms with Crippen LogP contribution in [0.1, 0.15) is 11.3 Å². The fraction of sp³-hybridized carbons (Fsp3) is 0.174. The number of nitrogens with zero attached hydrogens (tertiary/aromatic N) is 4. The Morgan fingerprint density at radius 1 is 1.17 bits per heavy atom. The van der Waals surface area contributed by atoms with Crippen LogP contribution in [0.5, 0.6) is 11.5 Å². The Kier molecular flexibility index (Phi) is 7.31. The maximum absolute atomic E-state index is 11.4. The first-order valence-corrected chi connectivity index (χ1v) is 13.0. The summed E-state index contributed by atoms with van der Waals surface area (Å²) in [6.07, 6.45) is 4.33. The molecule has 2 aromatic carbocycles. The molecule has 0 saturated carbocycles. The van der Waals surface area contributed by atoms with Crippen LogP contribution in [0.15, 0.2) is 54.9 Å². The van der Waals surface area contributed by atoms with Crippen molar-refractivity contribution in [3.63, 3.8) is 0 Å². The summed E-state index contributed by atoms with van der Waals surface area (Å²) in [4.78, 5) is 8.01. The lowest BCUT2D eigenvalue weighted by Crippen LogP contribution is -2.13. The van der Waals surface area contributed by atoms with Crippen molar-refractivity contribution in [1.29, 1.82) is 5.26 Å². The van der Waals surface area contributed by atoms with Gasteiger partial charge in [0.25, 0.3) is 0 Å². The van der Waals surface area contributed by atoms with Gasteiger partial charge >= 0.3 is 0 Å². The van der Waals surface area contributed by atoms with E-state index in [1.807, 2.05) is 29.0 Å². The van der Waals surface area contributed by atoms with Crippen LogP contribution in [0.2, 0.25) is 5.02 Å². The van der Waals surface area contributed by atoms with E-state index in [4.69, 9.17) is 32.7 Å². The molecule has 4 aromatic rings. The Balaban J connectivity index is 1.53. The molecule has 0 bridgehead atoms. The fourth-order valence-electron chi connectivity index (χ4n) is 3.36. The molecule has 0 atom stereocenters. The Morgan fingerprint density at radius 3 is 2.63 bits per heavy atom. The highest BCUT2D eigenvalue weighted by Gasteiger charge is 2.16. The average molecular weight is 532 g/mol. The highest BCUT2D eigenvalue weighted by atomic mass is 35.5. The maximum atomic E-state index is 11.4. The predicted molar refractivity (Wildman–Crippen MR) is 134 cm³/mol. The molecule has 1 N–H and O–H groups in total. The van der Waals surface area contributed by atoms with Gasteiger partial charge in [-0.3, -0.25) is 4.72 Å². The topological polar surface area (TPSA) is 119 Å². The number of benzene rings is 2. The van der Waals surface area contributed by atoms with E-state index < -0.39 is 10.0 Å². The Morgan fingerprint density at radius 2 is 1.94 bits per heavy atom. The highest BCUT2D eigenvalue weighted by Crippen LogP contribution is 2.38. The molecule has 0 amide bonds. The fourth-order valence-corrected chi connectivity index (χ4v) is 4.19. The number of sulfonamides is 1. The smallest absolute Gasteiger partial charge is 0.236 e. The van der Waals surface area contributed by atoms with Crippen molar-refractivity contribution in [3.8, 4) is 23.3 Å². The van der Waals surface area contributed by atoms with Crippen LogP contribution < -0.4 is 14.2 Å². The lowest BCUT2D eigenvalue weighted by molar-refractivity contribution is 0.301. The second-order valence-electron chi connectivity index (χ2n) is 7.36. The van der Waals surface area contributed by atoms with Gasteiger partial charge in [-0.15, -0.1) is 11.6 Å². The molecule has 0 radical (unpaired) electrons. The summed E-state index contributed by atoms with van der Waals surface area (Å²) >= 11 is 12.2. The average Bonchev–Trinajstić information content (AvgIpc) is 3.26. The minimum absolute atomic E-state index is 0.0185. The van der Waals surface area contributed by atoms with Gasteiger partial charge in [0.1, 0.15) is 25.0 Å². The maximum Gasteiger partial charge on any atom is 0.236 e. The zero-order chi connectivity index (χ0) is 25.0. The number of hydrogen-bond donors (Lipinski definition) is 1. The first kappa shape index (κ1) is 24.6. The van der Waals surface area contributed by atoms with Crippen LogP contribution in [0.25, 0.3) is 16.6 Å². The number of hydrogen-bond acceptors (Lipinski definition) is 7. The predicted octanol–water partition coefficient (Wildman–Crippen LogP) is 4.51. The Labute approximate surface area is 211 Å². The van der Waals surface area contributed by atoms with E-state index in [1.165, 1.54) is 6.20 Å². The van der Waals surface area contributed by atoms with Gasteiger partial charge in [-0.05, 0) is 42.5 Å². The van der Waals surface area contributed by atoms with Crippen LogP contribution in [-0.4, -0.2) is 41.7 Å². The minimum atomic E-state index is -3.47. The summed E-state index contributed by atoms with van der Waals surface area (Å²) in [5, 5.41) is 10.7. The van der Waals surface area contributed by atoms with Gasteiger partial charge in [-0.2, -0.15) is 5.26 Å². The normalized spacial score (nSPS) is 11.3. The third-order valence-corrected chi connectivity index (χ3v) is 5.91. The van der Waals surface area contributed by atoms with Gasteiger partial charge in [0.05, 0.1) is 33.9 Å². The van der Waals surface area contributed by atoms with Gasteiger partial charge in [0.2, 0.25) is 16.0 Å². The van der Waals surface area contributed by atoms with E-state index in [0.717, 1.165) is 22.8 Å². The number of nitriles is 1. The van der Waals surface area contributed by atoms with E-state index in [9.17, 15) is 13.7 Å². The number of halogens is 2. The van der Waals surface area contributed by atoms with Gasteiger partial charge in [0.15, 0.2) is 5.75 Å². The molecular weight excluding hydrogens is 513 g/mol. The molecule has 4 rings (SSSR count). The van der Waals surface area contributed by atoms with Crippen LogP contribution in [0.3, 0.4) is 0 Å². The quantitative estimate of drug-likeness (QED) is 0.315. The number of anilines is 1. The molecule has 0 aliphatic carbocycles. The summed E-state index contributed by atoms with van der Waals surface area (Å²) in [7, 11) is -3.47. The zero-order valence-corrected chi connectivity index (χ0v) is 20.7. The number of aromatic nitrogens is 3. The first-order chi connectivity index (χ1) is 16.8. The Bertz CT molecular complexity index is 1520. The van der Waals surface area contributed by atoms with Crippen molar-refractivity contribution in [1.82, 2.24) is 14.5 Å². The van der Waals surface area contributed by atoms with Crippen LogP contribution in [0, 0.1) is 11.3 Å². The molecule has 35 heavy (non-hydrogen) atoms. The van der Waals surface area contributed by atoms with Crippen molar-refractivity contribution >= 4 is 50.1 Å². The van der Waals surface area contributed by atoms with Gasteiger partial charge in [0, 0.05) is 23.5 Å². The summed E-state index contributed by atoms with van der Waals surface area (Å²) in [5.74, 6) is 1.18. The molecule has 0 unspecified atom stereocenters. The first-order valence-electron chi connectivity index (χ1n) is 10.2. The SMILES string of the molecule is CS(=O)(=O)Nc1nccc(COc2ccc(-n3ccc4c(Cl)c(OCCCl)c(C#N)cc43)cc2)n1.